The third-order valence-corrected chi connectivity index (χ3v) is 4.90. The fourth-order valence-corrected chi connectivity index (χ4v) is 3.59. The third-order valence-electron chi connectivity index (χ3n) is 3.88. The van der Waals surface area contributed by atoms with Gasteiger partial charge < -0.3 is 8.98 Å². The summed E-state index contributed by atoms with van der Waals surface area (Å²) in [6, 6.07) is 10.4. The van der Waals surface area contributed by atoms with Gasteiger partial charge in [-0.3, -0.25) is 0 Å². The zero-order valence-electron chi connectivity index (χ0n) is 13.7. The molecule has 23 heavy (non-hydrogen) atoms. The van der Waals surface area contributed by atoms with Gasteiger partial charge in [-0.2, -0.15) is 0 Å². The van der Waals surface area contributed by atoms with Gasteiger partial charge in [0.2, 0.25) is 0 Å². The lowest BCUT2D eigenvalue weighted by Crippen LogP contribution is -2.02. The summed E-state index contributed by atoms with van der Waals surface area (Å²) in [6.45, 7) is 7.18. The summed E-state index contributed by atoms with van der Waals surface area (Å²) in [5, 5.41) is 9.78. The number of thioether (sulfide) groups is 1. The number of furan rings is 1. The SMILES string of the molecule is CCCn1c(SCc2ccccc2C)nnc1-c1ccoc1C. The molecule has 0 spiro atoms. The second-order valence-corrected chi connectivity index (χ2v) is 6.51. The van der Waals surface area contributed by atoms with Crippen LogP contribution in [0.3, 0.4) is 0 Å². The minimum absolute atomic E-state index is 0.880. The Hall–Kier alpha value is -2.01. The molecule has 0 saturated heterocycles. The maximum Gasteiger partial charge on any atom is 0.191 e. The number of benzene rings is 1. The van der Waals surface area contributed by atoms with Crippen molar-refractivity contribution < 1.29 is 4.42 Å². The lowest BCUT2D eigenvalue weighted by atomic mass is 10.1. The molecule has 2 aromatic heterocycles. The van der Waals surface area contributed by atoms with E-state index in [1.54, 1.807) is 18.0 Å². The van der Waals surface area contributed by atoms with Crippen LogP contribution >= 0.6 is 11.8 Å². The van der Waals surface area contributed by atoms with Crippen LogP contribution in [-0.4, -0.2) is 14.8 Å². The first-order chi connectivity index (χ1) is 11.2. The van der Waals surface area contributed by atoms with Gasteiger partial charge >= 0.3 is 0 Å². The average molecular weight is 327 g/mol. The maximum atomic E-state index is 5.42. The molecule has 0 aliphatic heterocycles. The van der Waals surface area contributed by atoms with E-state index < -0.39 is 0 Å². The highest BCUT2D eigenvalue weighted by atomic mass is 32.2. The fraction of sp³-hybridized carbons (Fsp3) is 0.333. The van der Waals surface area contributed by atoms with Crippen LogP contribution in [0.2, 0.25) is 0 Å². The van der Waals surface area contributed by atoms with Crippen molar-refractivity contribution in [1.82, 2.24) is 14.8 Å². The molecule has 0 fully saturated rings. The number of aryl methyl sites for hydroxylation is 2. The Kier molecular flexibility index (Phi) is 4.86. The van der Waals surface area contributed by atoms with Gasteiger partial charge in [-0.05, 0) is 37.5 Å². The molecule has 0 amide bonds. The highest BCUT2D eigenvalue weighted by Crippen LogP contribution is 2.29. The zero-order valence-corrected chi connectivity index (χ0v) is 14.6. The Morgan fingerprint density at radius 1 is 1.13 bits per heavy atom. The topological polar surface area (TPSA) is 43.9 Å². The van der Waals surface area contributed by atoms with Crippen molar-refractivity contribution in [2.24, 2.45) is 0 Å². The van der Waals surface area contributed by atoms with Crippen molar-refractivity contribution >= 4 is 11.8 Å². The lowest BCUT2D eigenvalue weighted by molar-refractivity contribution is 0.534. The Balaban J connectivity index is 1.87. The largest absolute Gasteiger partial charge is 0.469 e. The van der Waals surface area contributed by atoms with Crippen LogP contribution < -0.4 is 0 Å². The monoisotopic (exact) mass is 327 g/mol. The molecule has 0 atom stereocenters. The Morgan fingerprint density at radius 2 is 1.96 bits per heavy atom. The van der Waals surface area contributed by atoms with Crippen molar-refractivity contribution in [3.05, 3.63) is 53.5 Å². The summed E-state index contributed by atoms with van der Waals surface area (Å²) in [7, 11) is 0. The molecule has 0 radical (unpaired) electrons. The molecule has 120 valence electrons. The van der Waals surface area contributed by atoms with Gasteiger partial charge in [0, 0.05) is 12.3 Å². The first kappa shape index (κ1) is 15.9. The van der Waals surface area contributed by atoms with E-state index in [4.69, 9.17) is 4.42 Å². The van der Waals surface area contributed by atoms with Gasteiger partial charge in [-0.15, -0.1) is 10.2 Å². The van der Waals surface area contributed by atoms with Crippen molar-refractivity contribution in [3.8, 4) is 11.4 Å². The molecule has 3 rings (SSSR count). The molecule has 0 unspecified atom stereocenters. The number of nitrogens with zero attached hydrogens (tertiary/aromatic N) is 3. The van der Waals surface area contributed by atoms with Crippen LogP contribution in [0.4, 0.5) is 0 Å². The van der Waals surface area contributed by atoms with Gasteiger partial charge in [0.25, 0.3) is 0 Å². The van der Waals surface area contributed by atoms with E-state index in [-0.39, 0.29) is 0 Å². The van der Waals surface area contributed by atoms with Gasteiger partial charge in [0.05, 0.1) is 11.8 Å². The van der Waals surface area contributed by atoms with E-state index in [9.17, 15) is 0 Å². The highest BCUT2D eigenvalue weighted by Gasteiger charge is 2.17. The van der Waals surface area contributed by atoms with Gasteiger partial charge in [-0.25, -0.2) is 0 Å². The van der Waals surface area contributed by atoms with E-state index in [0.29, 0.717) is 0 Å². The third kappa shape index (κ3) is 3.34. The molecule has 5 heteroatoms. The molecule has 0 N–H and O–H groups in total. The van der Waals surface area contributed by atoms with E-state index in [0.717, 1.165) is 41.0 Å². The van der Waals surface area contributed by atoms with Crippen LogP contribution in [0.15, 0.2) is 46.2 Å². The Bertz CT molecular complexity index is 791. The van der Waals surface area contributed by atoms with Crippen molar-refractivity contribution in [2.75, 3.05) is 0 Å². The molecular weight excluding hydrogens is 306 g/mol. The molecule has 2 heterocycles. The summed E-state index contributed by atoms with van der Waals surface area (Å²) >= 11 is 1.74. The molecule has 0 aliphatic carbocycles. The van der Waals surface area contributed by atoms with Crippen LogP contribution in [0.1, 0.15) is 30.2 Å². The predicted octanol–water partition coefficient (Wildman–Crippen LogP) is 4.86. The normalized spacial score (nSPS) is 11.1. The van der Waals surface area contributed by atoms with E-state index in [1.807, 2.05) is 13.0 Å². The van der Waals surface area contributed by atoms with Gasteiger partial charge in [-0.1, -0.05) is 43.0 Å². The molecular formula is C18H21N3OS. The summed E-state index contributed by atoms with van der Waals surface area (Å²) < 4.78 is 7.61. The summed E-state index contributed by atoms with van der Waals surface area (Å²) in [5.74, 6) is 2.68. The predicted molar refractivity (Wildman–Crippen MR) is 93.5 cm³/mol. The quantitative estimate of drug-likeness (QED) is 0.607. The fourth-order valence-electron chi connectivity index (χ4n) is 2.55. The van der Waals surface area contributed by atoms with Crippen LogP contribution in [0, 0.1) is 13.8 Å². The first-order valence-electron chi connectivity index (χ1n) is 7.85. The smallest absolute Gasteiger partial charge is 0.191 e. The molecule has 1 aromatic carbocycles. The maximum absolute atomic E-state index is 5.42. The second-order valence-electron chi connectivity index (χ2n) is 5.56. The van der Waals surface area contributed by atoms with Crippen molar-refractivity contribution in [1.29, 1.82) is 0 Å². The number of aromatic nitrogens is 3. The van der Waals surface area contributed by atoms with E-state index in [2.05, 4.69) is 52.9 Å². The minimum Gasteiger partial charge on any atom is -0.469 e. The Labute approximate surface area is 140 Å². The summed E-state index contributed by atoms with van der Waals surface area (Å²) in [4.78, 5) is 0. The summed E-state index contributed by atoms with van der Waals surface area (Å²) in [6.07, 6.45) is 2.75. The van der Waals surface area contributed by atoms with Gasteiger partial charge in [0.15, 0.2) is 11.0 Å². The van der Waals surface area contributed by atoms with E-state index >= 15 is 0 Å². The zero-order chi connectivity index (χ0) is 16.2. The number of hydrogen-bond acceptors (Lipinski definition) is 4. The molecule has 3 aromatic rings. The Morgan fingerprint density at radius 3 is 2.65 bits per heavy atom. The van der Waals surface area contributed by atoms with Crippen molar-refractivity contribution in [3.63, 3.8) is 0 Å². The van der Waals surface area contributed by atoms with E-state index in [1.165, 1.54) is 11.1 Å². The first-order valence-corrected chi connectivity index (χ1v) is 8.84. The van der Waals surface area contributed by atoms with Gasteiger partial charge in [0.1, 0.15) is 5.76 Å². The summed E-state index contributed by atoms with van der Waals surface area (Å²) in [5.41, 5.74) is 3.67. The highest BCUT2D eigenvalue weighted by molar-refractivity contribution is 7.98. The average Bonchev–Trinajstić information content (AvgIpc) is 3.13. The number of rotatable bonds is 6. The molecule has 0 aliphatic rings. The van der Waals surface area contributed by atoms with Crippen LogP contribution in [0.5, 0.6) is 0 Å². The van der Waals surface area contributed by atoms with Crippen LogP contribution in [-0.2, 0) is 12.3 Å². The van der Waals surface area contributed by atoms with Crippen LogP contribution in [0.25, 0.3) is 11.4 Å². The van der Waals surface area contributed by atoms with Crippen molar-refractivity contribution in [2.45, 2.75) is 44.6 Å². The second kappa shape index (κ2) is 7.04. The molecule has 0 bridgehead atoms. The lowest BCUT2D eigenvalue weighted by Gasteiger charge is -2.09. The molecule has 0 saturated carbocycles. The minimum atomic E-state index is 0.880. The molecule has 4 nitrogen and oxygen atoms in total. The standard InChI is InChI=1S/C18H21N3OS/c1-4-10-21-17(16-9-11-22-14(16)3)19-20-18(21)23-12-15-8-6-5-7-13(15)2/h5-9,11H,4,10,12H2,1-3H3. The number of hydrogen-bond donors (Lipinski definition) is 0.